The number of unbranched alkanes of at least 4 members (excludes halogenated alkanes) is 1. The molecule has 5 aromatic rings. The van der Waals surface area contributed by atoms with E-state index in [1.165, 1.54) is 46.6 Å². The smallest absolute Gasteiger partial charge is 0.408 e. The van der Waals surface area contributed by atoms with E-state index in [0.29, 0.717) is 28.0 Å². The predicted molar refractivity (Wildman–Crippen MR) is 213 cm³/mol. The van der Waals surface area contributed by atoms with Crippen molar-refractivity contribution in [2.24, 2.45) is 5.73 Å². The van der Waals surface area contributed by atoms with Crippen LogP contribution in [0.25, 0.3) is 20.4 Å². The van der Waals surface area contributed by atoms with Crippen molar-refractivity contribution in [1.82, 2.24) is 25.9 Å². The maximum absolute atomic E-state index is 12.9. The van der Waals surface area contributed by atoms with Crippen LogP contribution in [0.5, 0.6) is 0 Å². The van der Waals surface area contributed by atoms with E-state index in [0.717, 1.165) is 45.3 Å². The Morgan fingerprint density at radius 2 is 1.38 bits per heavy atom. The lowest BCUT2D eigenvalue weighted by Gasteiger charge is -2.18. The summed E-state index contributed by atoms with van der Waals surface area (Å²) in [6.07, 6.45) is 9.05. The van der Waals surface area contributed by atoms with Crippen molar-refractivity contribution in [3.05, 3.63) is 93.4 Å². The van der Waals surface area contributed by atoms with Crippen LogP contribution in [-0.2, 0) is 25.7 Å². The normalized spacial score (nSPS) is 14.5. The molecule has 0 saturated heterocycles. The summed E-state index contributed by atoms with van der Waals surface area (Å²) in [5.41, 5.74) is 10.3. The van der Waals surface area contributed by atoms with Crippen molar-refractivity contribution in [3.8, 4) is 0 Å². The number of nitrogens with zero attached hydrogens (tertiary/aromatic N) is 2. The van der Waals surface area contributed by atoms with Gasteiger partial charge in [0.2, 0.25) is 0 Å². The van der Waals surface area contributed by atoms with E-state index in [-0.39, 0.29) is 38.1 Å². The lowest BCUT2D eigenvalue weighted by molar-refractivity contribution is -0.146. The van der Waals surface area contributed by atoms with Crippen LogP contribution in [0.4, 0.5) is 4.79 Å². The molecule has 16 heteroatoms. The van der Waals surface area contributed by atoms with Gasteiger partial charge in [-0.1, -0.05) is 43.7 Å². The molecule has 7 rings (SSSR count). The van der Waals surface area contributed by atoms with Crippen LogP contribution >= 0.6 is 22.7 Å². The Labute approximate surface area is 331 Å². The predicted octanol–water partition coefficient (Wildman–Crippen LogP) is 5.86. The first-order valence-electron chi connectivity index (χ1n) is 18.6. The molecule has 0 radical (unpaired) electrons. The second kappa shape index (κ2) is 18.9. The maximum atomic E-state index is 12.9. The molecule has 14 nitrogen and oxygen atoms in total. The zero-order valence-corrected chi connectivity index (χ0v) is 32.5. The van der Waals surface area contributed by atoms with E-state index in [2.05, 4.69) is 25.9 Å². The van der Waals surface area contributed by atoms with Gasteiger partial charge in [-0.25, -0.2) is 9.59 Å². The Hall–Kier alpha value is -5.45. The third-order valence-corrected chi connectivity index (χ3v) is 11.5. The van der Waals surface area contributed by atoms with E-state index in [9.17, 15) is 24.0 Å². The number of ether oxygens (including phenoxy) is 2. The number of nitrogens with two attached hydrogens (primary N) is 1. The van der Waals surface area contributed by atoms with Crippen molar-refractivity contribution in [2.75, 3.05) is 19.7 Å². The average Bonchev–Trinajstić information content (AvgIpc) is 4.14. The van der Waals surface area contributed by atoms with Gasteiger partial charge in [-0.3, -0.25) is 24.4 Å². The molecule has 0 aliphatic heterocycles. The molecule has 0 unspecified atom stereocenters. The zero-order valence-electron chi connectivity index (χ0n) is 30.8. The number of aromatic nitrogens is 2. The summed E-state index contributed by atoms with van der Waals surface area (Å²) in [4.78, 5) is 70.2. The third-order valence-electron chi connectivity index (χ3n) is 9.16. The number of hydrogen-bond acceptors (Lipinski definition) is 12. The number of hydrogen-bond donors (Lipinski definition) is 5. The molecule has 2 aliphatic carbocycles. The summed E-state index contributed by atoms with van der Waals surface area (Å²) in [6.45, 7) is 2.08. The summed E-state index contributed by atoms with van der Waals surface area (Å²) in [7, 11) is 0. The Morgan fingerprint density at radius 3 is 1.89 bits per heavy atom. The second-order valence-electron chi connectivity index (χ2n) is 13.6. The van der Waals surface area contributed by atoms with Crippen LogP contribution in [0.2, 0.25) is 0 Å². The first-order chi connectivity index (χ1) is 27.1. The SMILES string of the molecule is CCCCOC(=O)[C@@H](CNC(=O)c1cc2nccc(C3CC3)c2s1)NC(=O)OCc1ccccc1.N[C@H](CNC(=O)c1cc2nccc(C3CC3)c2s1)C(=O)O. The molecule has 2 saturated carbocycles. The number of nitrogens with one attached hydrogen (secondary N) is 3. The quantitative estimate of drug-likeness (QED) is 0.0589. The average molecular weight is 801 g/mol. The molecule has 56 heavy (non-hydrogen) atoms. The molecule has 4 aromatic heterocycles. The third kappa shape index (κ3) is 10.9. The van der Waals surface area contributed by atoms with Gasteiger partial charge in [0.25, 0.3) is 11.8 Å². The van der Waals surface area contributed by atoms with E-state index in [4.69, 9.17) is 20.3 Å². The van der Waals surface area contributed by atoms with Crippen molar-refractivity contribution in [3.63, 3.8) is 0 Å². The number of carboxylic acid groups (broad SMARTS) is 1. The van der Waals surface area contributed by atoms with Crippen molar-refractivity contribution in [2.45, 2.75) is 76.0 Å². The van der Waals surface area contributed by atoms with Crippen LogP contribution in [-0.4, -0.2) is 76.7 Å². The molecule has 1 aromatic carbocycles. The summed E-state index contributed by atoms with van der Waals surface area (Å²) in [5, 5.41) is 16.5. The molecule has 3 amide bonds. The number of carboxylic acids is 1. The number of benzene rings is 1. The number of fused-ring (bicyclic) bond motifs is 2. The number of amides is 3. The molecular formula is C40H44N6O8S2. The first kappa shape index (κ1) is 40.2. The van der Waals surface area contributed by atoms with Crippen LogP contribution in [0.3, 0.4) is 0 Å². The Bertz CT molecular complexity index is 2180. The Balaban J connectivity index is 0.000000215. The summed E-state index contributed by atoms with van der Waals surface area (Å²) >= 11 is 2.79. The highest BCUT2D eigenvalue weighted by Gasteiger charge is 2.29. The van der Waals surface area contributed by atoms with Gasteiger partial charge in [-0.15, -0.1) is 22.7 Å². The minimum absolute atomic E-state index is 0.0642. The van der Waals surface area contributed by atoms with Gasteiger partial charge < -0.3 is 36.3 Å². The molecule has 294 valence electrons. The number of esters is 1. The highest BCUT2D eigenvalue weighted by molar-refractivity contribution is 7.21. The van der Waals surface area contributed by atoms with E-state index >= 15 is 0 Å². The van der Waals surface area contributed by atoms with Crippen LogP contribution in [0, 0.1) is 0 Å². The first-order valence-corrected chi connectivity index (χ1v) is 20.2. The highest BCUT2D eigenvalue weighted by Crippen LogP contribution is 2.45. The van der Waals surface area contributed by atoms with Crippen molar-refractivity contribution >= 4 is 73.0 Å². The van der Waals surface area contributed by atoms with Crippen LogP contribution in [0.15, 0.2) is 67.0 Å². The zero-order chi connectivity index (χ0) is 39.6. The molecule has 2 aliphatic rings. The number of rotatable bonds is 16. The fraction of sp³-hybridized carbons (Fsp3) is 0.375. The summed E-state index contributed by atoms with van der Waals surface area (Å²) in [5.74, 6) is -1.26. The van der Waals surface area contributed by atoms with Gasteiger partial charge in [-0.2, -0.15) is 0 Å². The maximum Gasteiger partial charge on any atom is 0.408 e. The van der Waals surface area contributed by atoms with Crippen molar-refractivity contribution in [1.29, 1.82) is 0 Å². The number of aliphatic carboxylic acids is 1. The number of carbonyl (C=O) groups is 5. The fourth-order valence-corrected chi connectivity index (χ4v) is 8.00. The van der Waals surface area contributed by atoms with Gasteiger partial charge in [-0.05, 0) is 84.9 Å². The standard InChI is InChI=1S/C26H29N3O5S.C14H15N3O3S/c1-2-3-13-33-25(31)21(29-26(32)34-16-17-7-5-4-6-8-17)15-28-24(30)22-14-20-23(35-22)19(11-12-27-20)18-9-10-18;15-9(14(19)20)6-17-13(18)11-5-10-12(21-11)8(3-4-16-10)7-1-2-7/h4-8,11-12,14,18,21H,2-3,9-10,13,15-16H2,1H3,(H,28,30)(H,29,32);3-5,7,9H,1-2,6,15H2,(H,17,18)(H,19,20)/t21-;9-/m11/s1. The second-order valence-corrected chi connectivity index (χ2v) is 15.7. The van der Waals surface area contributed by atoms with Crippen LogP contribution in [0.1, 0.15) is 93.3 Å². The van der Waals surface area contributed by atoms with Gasteiger partial charge in [0, 0.05) is 25.5 Å². The van der Waals surface area contributed by atoms with Gasteiger partial charge in [0.15, 0.2) is 0 Å². The molecule has 2 atom stereocenters. The molecule has 0 spiro atoms. The van der Waals surface area contributed by atoms with E-state index in [1.54, 1.807) is 24.5 Å². The number of alkyl carbamates (subject to hydrolysis) is 1. The van der Waals surface area contributed by atoms with Gasteiger partial charge in [0.1, 0.15) is 18.7 Å². The Morgan fingerprint density at radius 1 is 0.821 bits per heavy atom. The molecule has 0 bridgehead atoms. The summed E-state index contributed by atoms with van der Waals surface area (Å²) < 4.78 is 12.6. The lowest BCUT2D eigenvalue weighted by atomic mass is 10.1. The number of thiophene rings is 2. The number of carbonyl (C=O) groups excluding carboxylic acids is 4. The van der Waals surface area contributed by atoms with Gasteiger partial charge >= 0.3 is 18.0 Å². The topological polar surface area (TPSA) is 212 Å². The van der Waals surface area contributed by atoms with E-state index < -0.39 is 30.1 Å². The molecule has 4 heterocycles. The molecule has 2 fully saturated rings. The molecular weight excluding hydrogens is 757 g/mol. The van der Waals surface area contributed by atoms with Crippen LogP contribution < -0.4 is 21.7 Å². The largest absolute Gasteiger partial charge is 0.480 e. The Kier molecular flexibility index (Phi) is 13.6. The number of pyridine rings is 2. The molecule has 6 N–H and O–H groups in total. The highest BCUT2D eigenvalue weighted by atomic mass is 32.1. The van der Waals surface area contributed by atoms with Crippen molar-refractivity contribution < 1.29 is 38.6 Å². The van der Waals surface area contributed by atoms with E-state index in [1.807, 2.05) is 49.4 Å². The summed E-state index contributed by atoms with van der Waals surface area (Å²) in [6, 6.07) is 14.6. The monoisotopic (exact) mass is 800 g/mol. The van der Waals surface area contributed by atoms with Gasteiger partial charge in [0.05, 0.1) is 36.8 Å². The minimum atomic E-state index is -1.13. The lowest BCUT2D eigenvalue weighted by Crippen LogP contribution is -2.49. The minimum Gasteiger partial charge on any atom is -0.480 e. The fourth-order valence-electron chi connectivity index (χ4n) is 5.75.